The van der Waals surface area contributed by atoms with E-state index in [9.17, 15) is 9.90 Å². The monoisotopic (exact) mass is 401 g/mol. The van der Waals surface area contributed by atoms with E-state index in [0.717, 1.165) is 45.4 Å². The molecule has 1 aromatic carbocycles. The average molecular weight is 402 g/mol. The van der Waals surface area contributed by atoms with Gasteiger partial charge in [0.05, 0.1) is 18.2 Å². The number of nitrogens with one attached hydrogen (secondary N) is 1. The predicted molar refractivity (Wildman–Crippen MR) is 113 cm³/mol. The Hall–Kier alpha value is -1.63. The summed E-state index contributed by atoms with van der Waals surface area (Å²) < 4.78 is 6.51. The zero-order valence-corrected chi connectivity index (χ0v) is 17.9. The van der Waals surface area contributed by atoms with Crippen molar-refractivity contribution in [3.8, 4) is 5.75 Å². The average Bonchev–Trinajstić information content (AvgIpc) is 3.34. The molecule has 3 fully saturated rings. The first kappa shape index (κ1) is 20.6. The van der Waals surface area contributed by atoms with Gasteiger partial charge in [0.1, 0.15) is 5.75 Å². The number of hydrogen-bond donors (Lipinski definition) is 2. The number of fused-ring (bicyclic) bond motifs is 1. The molecule has 2 N–H and O–H groups in total. The first-order valence-electron chi connectivity index (χ1n) is 11.0. The summed E-state index contributed by atoms with van der Waals surface area (Å²) in [5, 5.41) is 12.6. The van der Waals surface area contributed by atoms with Crippen molar-refractivity contribution >= 4 is 5.91 Å². The van der Waals surface area contributed by atoms with Gasteiger partial charge in [-0.05, 0) is 57.9 Å². The van der Waals surface area contributed by atoms with Crippen LogP contribution in [0.1, 0.15) is 32.3 Å². The molecule has 29 heavy (non-hydrogen) atoms. The fourth-order valence-corrected chi connectivity index (χ4v) is 5.38. The van der Waals surface area contributed by atoms with Gasteiger partial charge in [-0.2, -0.15) is 0 Å². The Morgan fingerprint density at radius 1 is 1.38 bits per heavy atom. The molecule has 3 aliphatic heterocycles. The molecule has 1 amide bonds. The maximum absolute atomic E-state index is 12.3. The number of likely N-dealkylation sites (tertiary alicyclic amines) is 1. The van der Waals surface area contributed by atoms with Crippen LogP contribution in [0.4, 0.5) is 0 Å². The molecule has 0 saturated carbocycles. The molecule has 0 unspecified atom stereocenters. The standard InChI is InChI=1S/C23H35N3O3/c1-16(2)25(3)14-22(28)24-12-19-20-13-26(15-23(20)10-8-21(19)29-23)11-9-17-4-6-18(27)7-5-17/h4-7,16,19-21,27H,8-15H2,1-3H3,(H,24,28)/t19-,20+,21+,23+/m0/s1. The van der Waals surface area contributed by atoms with Gasteiger partial charge in [-0.25, -0.2) is 0 Å². The SMILES string of the molecule is CC(C)N(C)CC(=O)NC[C@H]1[C@H]2CN(CCc3ccc(O)cc3)C[C@]23CC[C@H]1O3. The lowest BCUT2D eigenvalue weighted by molar-refractivity contribution is -0.122. The van der Waals surface area contributed by atoms with Crippen LogP contribution in [-0.2, 0) is 16.0 Å². The number of hydrogen-bond acceptors (Lipinski definition) is 5. The summed E-state index contributed by atoms with van der Waals surface area (Å²) in [5.41, 5.74) is 1.25. The highest BCUT2D eigenvalue weighted by atomic mass is 16.5. The van der Waals surface area contributed by atoms with Crippen molar-refractivity contribution in [1.82, 2.24) is 15.1 Å². The second-order valence-electron chi connectivity index (χ2n) is 9.49. The van der Waals surface area contributed by atoms with Crippen molar-refractivity contribution in [2.45, 2.75) is 50.9 Å². The summed E-state index contributed by atoms with van der Waals surface area (Å²) in [6.45, 7) is 8.46. The van der Waals surface area contributed by atoms with Crippen LogP contribution in [-0.4, -0.2) is 78.3 Å². The summed E-state index contributed by atoms with van der Waals surface area (Å²) >= 11 is 0. The quantitative estimate of drug-likeness (QED) is 0.696. The van der Waals surface area contributed by atoms with Crippen LogP contribution in [0.3, 0.4) is 0 Å². The van der Waals surface area contributed by atoms with Crippen molar-refractivity contribution in [3.63, 3.8) is 0 Å². The molecule has 1 spiro atoms. The molecule has 3 aliphatic rings. The molecule has 3 saturated heterocycles. The van der Waals surface area contributed by atoms with Gasteiger partial charge >= 0.3 is 0 Å². The second-order valence-corrected chi connectivity index (χ2v) is 9.49. The van der Waals surface area contributed by atoms with Crippen LogP contribution >= 0.6 is 0 Å². The topological polar surface area (TPSA) is 65.0 Å². The highest BCUT2D eigenvalue weighted by Crippen LogP contribution is 2.54. The van der Waals surface area contributed by atoms with Crippen molar-refractivity contribution < 1.29 is 14.6 Å². The molecule has 0 aliphatic carbocycles. The van der Waals surface area contributed by atoms with E-state index in [1.807, 2.05) is 19.2 Å². The number of carbonyl (C=O) groups is 1. The van der Waals surface area contributed by atoms with Crippen LogP contribution in [0, 0.1) is 11.8 Å². The minimum atomic E-state index is 0.00371. The molecular weight excluding hydrogens is 366 g/mol. The Morgan fingerprint density at radius 2 is 2.14 bits per heavy atom. The Kier molecular flexibility index (Phi) is 5.87. The van der Waals surface area contributed by atoms with Crippen LogP contribution in [0.25, 0.3) is 0 Å². The third-order valence-electron chi connectivity index (χ3n) is 7.32. The summed E-state index contributed by atoms with van der Waals surface area (Å²) in [6, 6.07) is 7.88. The number of amides is 1. The summed E-state index contributed by atoms with van der Waals surface area (Å²) in [7, 11) is 1.99. The smallest absolute Gasteiger partial charge is 0.234 e. The van der Waals surface area contributed by atoms with E-state index in [1.54, 1.807) is 12.1 Å². The molecule has 6 nitrogen and oxygen atoms in total. The highest BCUT2D eigenvalue weighted by molar-refractivity contribution is 5.78. The van der Waals surface area contributed by atoms with E-state index in [0.29, 0.717) is 36.3 Å². The normalized spacial score (nSPS) is 31.0. The number of phenolic OH excluding ortho intramolecular Hbond substituents is 1. The van der Waals surface area contributed by atoms with Gasteiger partial charge in [-0.15, -0.1) is 0 Å². The third-order valence-corrected chi connectivity index (χ3v) is 7.32. The maximum atomic E-state index is 12.3. The van der Waals surface area contributed by atoms with Gasteiger partial charge in [0.25, 0.3) is 0 Å². The van der Waals surface area contributed by atoms with Gasteiger partial charge in [-0.1, -0.05) is 12.1 Å². The summed E-state index contributed by atoms with van der Waals surface area (Å²) in [4.78, 5) is 16.9. The first-order valence-corrected chi connectivity index (χ1v) is 11.0. The van der Waals surface area contributed by atoms with Crippen LogP contribution in [0.2, 0.25) is 0 Å². The molecule has 6 heteroatoms. The van der Waals surface area contributed by atoms with E-state index in [-0.39, 0.29) is 11.5 Å². The Morgan fingerprint density at radius 3 is 2.86 bits per heavy atom. The summed E-state index contributed by atoms with van der Waals surface area (Å²) in [6.07, 6.45) is 3.56. The van der Waals surface area contributed by atoms with Crippen molar-refractivity contribution in [2.24, 2.45) is 11.8 Å². The maximum Gasteiger partial charge on any atom is 0.234 e. The third kappa shape index (κ3) is 4.30. The van der Waals surface area contributed by atoms with Gasteiger partial charge in [0.2, 0.25) is 5.91 Å². The zero-order chi connectivity index (χ0) is 20.6. The van der Waals surface area contributed by atoms with E-state index < -0.39 is 0 Å². The lowest BCUT2D eigenvalue weighted by Gasteiger charge is -2.30. The zero-order valence-electron chi connectivity index (χ0n) is 17.9. The first-order chi connectivity index (χ1) is 13.9. The predicted octanol–water partition coefficient (Wildman–Crippen LogP) is 1.87. The minimum absolute atomic E-state index is 0.00371. The number of nitrogens with zero attached hydrogens (tertiary/aromatic N) is 2. The highest BCUT2D eigenvalue weighted by Gasteiger charge is 2.62. The minimum Gasteiger partial charge on any atom is -0.508 e. The molecule has 1 aromatic rings. The van der Waals surface area contributed by atoms with Gasteiger partial charge in [0.15, 0.2) is 0 Å². The number of ether oxygens (including phenoxy) is 1. The number of rotatable bonds is 8. The molecule has 3 heterocycles. The van der Waals surface area contributed by atoms with Gasteiger partial charge in [-0.3, -0.25) is 14.6 Å². The molecule has 4 atom stereocenters. The Balaban J connectivity index is 1.30. The van der Waals surface area contributed by atoms with Crippen LogP contribution in [0.5, 0.6) is 5.75 Å². The number of carbonyl (C=O) groups excluding carboxylic acids is 1. The van der Waals surface area contributed by atoms with Crippen LogP contribution in [0.15, 0.2) is 24.3 Å². The van der Waals surface area contributed by atoms with Gasteiger partial charge < -0.3 is 15.2 Å². The fraction of sp³-hybridized carbons (Fsp3) is 0.696. The lowest BCUT2D eigenvalue weighted by Crippen LogP contribution is -2.44. The largest absolute Gasteiger partial charge is 0.508 e. The summed E-state index contributed by atoms with van der Waals surface area (Å²) in [5.74, 6) is 1.37. The van der Waals surface area contributed by atoms with E-state index in [1.165, 1.54) is 5.56 Å². The lowest BCUT2D eigenvalue weighted by atomic mass is 9.73. The number of phenols is 1. The Bertz CT molecular complexity index is 723. The number of aromatic hydroxyl groups is 1. The molecule has 0 radical (unpaired) electrons. The van der Waals surface area contributed by atoms with E-state index in [4.69, 9.17) is 4.74 Å². The van der Waals surface area contributed by atoms with Gasteiger partial charge in [0, 0.05) is 44.1 Å². The van der Waals surface area contributed by atoms with E-state index >= 15 is 0 Å². The molecular formula is C23H35N3O3. The Labute approximate surface area is 174 Å². The molecule has 160 valence electrons. The molecule has 2 bridgehead atoms. The van der Waals surface area contributed by atoms with Crippen LogP contribution < -0.4 is 5.32 Å². The van der Waals surface area contributed by atoms with Crippen molar-refractivity contribution in [1.29, 1.82) is 0 Å². The second kappa shape index (κ2) is 8.25. The fourth-order valence-electron chi connectivity index (χ4n) is 5.38. The molecule has 4 rings (SSSR count). The number of likely N-dealkylation sites (N-methyl/N-ethyl adjacent to an activating group) is 1. The molecule has 0 aromatic heterocycles. The van der Waals surface area contributed by atoms with Crippen molar-refractivity contribution in [2.75, 3.05) is 39.8 Å². The number of benzene rings is 1. The van der Waals surface area contributed by atoms with E-state index in [2.05, 4.69) is 29.0 Å². The van der Waals surface area contributed by atoms with Crippen molar-refractivity contribution in [3.05, 3.63) is 29.8 Å².